The standard InChI is InChI=1S/C11H9BrF6N2O2/c12-6-8(21-3-10(13,14)15)19-7(5-1-2-5)20-9(6)22-4-11(16,17)18/h5H,1-4H2. The summed E-state index contributed by atoms with van der Waals surface area (Å²) in [5.74, 6) is -0.982. The second kappa shape index (κ2) is 6.09. The van der Waals surface area contributed by atoms with Crippen molar-refractivity contribution in [3.63, 3.8) is 0 Å². The summed E-state index contributed by atoms with van der Waals surface area (Å²) in [5, 5.41) is 0. The van der Waals surface area contributed by atoms with Crippen LogP contribution in [0.1, 0.15) is 24.6 Å². The summed E-state index contributed by atoms with van der Waals surface area (Å²) in [4.78, 5) is 7.60. The third-order valence-electron chi connectivity index (χ3n) is 2.50. The van der Waals surface area contributed by atoms with Gasteiger partial charge in [0.2, 0.25) is 11.8 Å². The zero-order chi connectivity index (χ0) is 16.5. The molecular weight excluding hydrogens is 386 g/mol. The summed E-state index contributed by atoms with van der Waals surface area (Å²) in [7, 11) is 0. The molecule has 1 fully saturated rings. The molecule has 1 aromatic rings. The molecule has 1 aliphatic rings. The topological polar surface area (TPSA) is 44.2 Å². The van der Waals surface area contributed by atoms with E-state index in [1.165, 1.54) is 0 Å². The Morgan fingerprint density at radius 3 is 1.64 bits per heavy atom. The maximum Gasteiger partial charge on any atom is 0.422 e. The summed E-state index contributed by atoms with van der Waals surface area (Å²) in [5.41, 5.74) is 0. The fourth-order valence-electron chi connectivity index (χ4n) is 1.44. The lowest BCUT2D eigenvalue weighted by molar-refractivity contribution is -0.155. The van der Waals surface area contributed by atoms with E-state index in [0.717, 1.165) is 0 Å². The fraction of sp³-hybridized carbons (Fsp3) is 0.636. The largest absolute Gasteiger partial charge is 0.467 e. The van der Waals surface area contributed by atoms with E-state index < -0.39 is 37.3 Å². The average molecular weight is 395 g/mol. The molecule has 0 radical (unpaired) electrons. The normalized spacial score (nSPS) is 15.8. The van der Waals surface area contributed by atoms with Gasteiger partial charge in [0.15, 0.2) is 13.2 Å². The van der Waals surface area contributed by atoms with E-state index in [4.69, 9.17) is 0 Å². The molecule has 0 spiro atoms. The lowest BCUT2D eigenvalue weighted by Crippen LogP contribution is -2.22. The molecule has 0 saturated heterocycles. The van der Waals surface area contributed by atoms with Gasteiger partial charge in [0.1, 0.15) is 10.3 Å². The van der Waals surface area contributed by atoms with Gasteiger partial charge in [-0.15, -0.1) is 0 Å². The highest BCUT2D eigenvalue weighted by Crippen LogP contribution is 2.42. The third-order valence-corrected chi connectivity index (χ3v) is 3.17. The van der Waals surface area contributed by atoms with Gasteiger partial charge >= 0.3 is 12.4 Å². The number of ether oxygens (including phenoxy) is 2. The zero-order valence-electron chi connectivity index (χ0n) is 10.8. The fourth-order valence-corrected chi connectivity index (χ4v) is 1.84. The first-order valence-corrected chi connectivity index (χ1v) is 6.81. The van der Waals surface area contributed by atoms with Crippen molar-refractivity contribution >= 4 is 15.9 Å². The maximum atomic E-state index is 12.2. The van der Waals surface area contributed by atoms with E-state index in [0.29, 0.717) is 12.8 Å². The molecule has 0 atom stereocenters. The number of halogens is 7. The number of aromatic nitrogens is 2. The summed E-state index contributed by atoms with van der Waals surface area (Å²) in [6.45, 7) is -3.24. The Hall–Kier alpha value is -1.26. The van der Waals surface area contributed by atoms with Gasteiger partial charge in [-0.3, -0.25) is 0 Å². The molecule has 11 heteroatoms. The number of hydrogen-bond donors (Lipinski definition) is 0. The lowest BCUT2D eigenvalue weighted by atomic mass is 10.4. The van der Waals surface area contributed by atoms with Crippen LogP contribution in [0.2, 0.25) is 0 Å². The second-order valence-electron chi connectivity index (χ2n) is 4.59. The van der Waals surface area contributed by atoms with Crippen molar-refractivity contribution in [1.82, 2.24) is 9.97 Å². The van der Waals surface area contributed by atoms with Gasteiger partial charge < -0.3 is 9.47 Å². The molecule has 0 N–H and O–H groups in total. The van der Waals surface area contributed by atoms with Gasteiger partial charge in [-0.05, 0) is 28.8 Å². The highest BCUT2D eigenvalue weighted by Gasteiger charge is 2.34. The van der Waals surface area contributed by atoms with Crippen LogP contribution in [-0.4, -0.2) is 35.5 Å². The molecule has 1 heterocycles. The summed E-state index contributed by atoms with van der Waals surface area (Å²) >= 11 is 2.81. The molecule has 0 aliphatic heterocycles. The Labute approximate surface area is 129 Å². The van der Waals surface area contributed by atoms with Crippen molar-refractivity contribution in [3.8, 4) is 11.8 Å². The molecule has 2 rings (SSSR count). The van der Waals surface area contributed by atoms with Crippen molar-refractivity contribution in [3.05, 3.63) is 10.3 Å². The van der Waals surface area contributed by atoms with Crippen LogP contribution in [0.15, 0.2) is 4.47 Å². The molecular formula is C11H9BrF6N2O2. The molecule has 124 valence electrons. The van der Waals surface area contributed by atoms with Crippen molar-refractivity contribution in [2.45, 2.75) is 31.1 Å². The van der Waals surface area contributed by atoms with Gasteiger partial charge in [-0.25, -0.2) is 0 Å². The molecule has 4 nitrogen and oxygen atoms in total. The van der Waals surface area contributed by atoms with E-state index >= 15 is 0 Å². The lowest BCUT2D eigenvalue weighted by Gasteiger charge is -2.14. The van der Waals surface area contributed by atoms with Gasteiger partial charge in [0.25, 0.3) is 0 Å². The Kier molecular flexibility index (Phi) is 4.73. The number of hydrogen-bond acceptors (Lipinski definition) is 4. The number of nitrogens with zero attached hydrogens (tertiary/aromatic N) is 2. The Bertz CT molecular complexity index is 505. The quantitative estimate of drug-likeness (QED) is 0.708. The molecule has 1 aliphatic carbocycles. The van der Waals surface area contributed by atoms with Crippen LogP contribution >= 0.6 is 15.9 Å². The monoisotopic (exact) mass is 394 g/mol. The molecule has 1 saturated carbocycles. The number of alkyl halides is 6. The first-order valence-electron chi connectivity index (χ1n) is 6.02. The Balaban J connectivity index is 2.22. The minimum atomic E-state index is -4.60. The van der Waals surface area contributed by atoms with E-state index in [1.807, 2.05) is 0 Å². The maximum absolute atomic E-state index is 12.2. The van der Waals surface area contributed by atoms with Crippen molar-refractivity contribution < 1.29 is 35.8 Å². The minimum Gasteiger partial charge on any atom is -0.467 e. The highest BCUT2D eigenvalue weighted by atomic mass is 79.9. The van der Waals surface area contributed by atoms with E-state index in [2.05, 4.69) is 35.4 Å². The van der Waals surface area contributed by atoms with Crippen molar-refractivity contribution in [1.29, 1.82) is 0 Å². The van der Waals surface area contributed by atoms with Crippen LogP contribution in [0.3, 0.4) is 0 Å². The molecule has 0 amide bonds. The predicted molar refractivity (Wildman–Crippen MR) is 64.8 cm³/mol. The van der Waals surface area contributed by atoms with E-state index in [9.17, 15) is 26.3 Å². The van der Waals surface area contributed by atoms with Crippen LogP contribution in [0.4, 0.5) is 26.3 Å². The van der Waals surface area contributed by atoms with Gasteiger partial charge in [-0.1, -0.05) is 0 Å². The van der Waals surface area contributed by atoms with Crippen molar-refractivity contribution in [2.24, 2.45) is 0 Å². The summed E-state index contributed by atoms with van der Waals surface area (Å²) in [6.07, 6.45) is -7.79. The Morgan fingerprint density at radius 2 is 1.32 bits per heavy atom. The van der Waals surface area contributed by atoms with Crippen LogP contribution in [0.25, 0.3) is 0 Å². The second-order valence-corrected chi connectivity index (χ2v) is 5.38. The molecule has 0 unspecified atom stereocenters. The van der Waals surface area contributed by atoms with Crippen LogP contribution in [0, 0.1) is 0 Å². The molecule has 22 heavy (non-hydrogen) atoms. The van der Waals surface area contributed by atoms with Crippen LogP contribution in [0.5, 0.6) is 11.8 Å². The zero-order valence-corrected chi connectivity index (χ0v) is 12.3. The first kappa shape index (κ1) is 17.1. The third kappa shape index (κ3) is 5.18. The molecule has 1 aromatic heterocycles. The summed E-state index contributed by atoms with van der Waals surface area (Å²) in [6, 6.07) is 0. The van der Waals surface area contributed by atoms with Crippen molar-refractivity contribution in [2.75, 3.05) is 13.2 Å². The summed E-state index contributed by atoms with van der Waals surface area (Å²) < 4.78 is 81.8. The van der Waals surface area contributed by atoms with Gasteiger partial charge in [0, 0.05) is 5.92 Å². The van der Waals surface area contributed by atoms with Crippen LogP contribution < -0.4 is 9.47 Å². The van der Waals surface area contributed by atoms with Gasteiger partial charge in [0.05, 0.1) is 0 Å². The van der Waals surface area contributed by atoms with Gasteiger partial charge in [-0.2, -0.15) is 36.3 Å². The predicted octanol–water partition coefficient (Wildman–Crippen LogP) is 4.00. The average Bonchev–Trinajstić information content (AvgIpc) is 3.18. The molecule has 0 bridgehead atoms. The van der Waals surface area contributed by atoms with E-state index in [1.54, 1.807) is 0 Å². The number of rotatable bonds is 5. The first-order chi connectivity index (χ1) is 10.1. The Morgan fingerprint density at radius 1 is 0.909 bits per heavy atom. The smallest absolute Gasteiger partial charge is 0.422 e. The minimum absolute atomic E-state index is 0.102. The van der Waals surface area contributed by atoms with Crippen LogP contribution in [-0.2, 0) is 0 Å². The highest BCUT2D eigenvalue weighted by molar-refractivity contribution is 9.10. The SMILES string of the molecule is FC(F)(F)COc1nc(C2CC2)nc(OCC(F)(F)F)c1Br. The molecule has 0 aromatic carbocycles. The van der Waals surface area contributed by atoms with E-state index in [-0.39, 0.29) is 16.2 Å².